The van der Waals surface area contributed by atoms with Crippen LogP contribution in [-0.2, 0) is 14.3 Å². The summed E-state index contributed by atoms with van der Waals surface area (Å²) in [5, 5.41) is 0. The highest BCUT2D eigenvalue weighted by Gasteiger charge is 2.76. The zero-order valence-corrected chi connectivity index (χ0v) is 15.1. The summed E-state index contributed by atoms with van der Waals surface area (Å²) in [5.74, 6) is 0.216. The first kappa shape index (κ1) is 17.0. The van der Waals surface area contributed by atoms with Crippen molar-refractivity contribution in [1.29, 1.82) is 0 Å². The van der Waals surface area contributed by atoms with Gasteiger partial charge in [-0.25, -0.2) is 4.79 Å². The van der Waals surface area contributed by atoms with Crippen LogP contribution in [0.5, 0.6) is 5.75 Å². The fourth-order valence-electron chi connectivity index (χ4n) is 3.99. The predicted octanol–water partition coefficient (Wildman–Crippen LogP) is 4.23. The van der Waals surface area contributed by atoms with Crippen molar-refractivity contribution in [3.63, 3.8) is 0 Å². The molecule has 1 saturated heterocycles. The molecule has 3 unspecified atom stereocenters. The quantitative estimate of drug-likeness (QED) is 0.612. The van der Waals surface area contributed by atoms with Gasteiger partial charge in [-0.15, -0.1) is 0 Å². The molecule has 3 atom stereocenters. The molecule has 4 heteroatoms. The molecule has 1 saturated carbocycles. The molecule has 24 heavy (non-hydrogen) atoms. The molecule has 2 bridgehead atoms. The number of hydrogen-bond donors (Lipinski definition) is 0. The Morgan fingerprint density at radius 2 is 1.83 bits per heavy atom. The number of rotatable bonds is 4. The molecular formula is C20H26O4. The van der Waals surface area contributed by atoms with Gasteiger partial charge >= 0.3 is 11.9 Å². The third-order valence-corrected chi connectivity index (χ3v) is 6.69. The van der Waals surface area contributed by atoms with Crippen LogP contribution in [0.4, 0.5) is 0 Å². The zero-order chi connectivity index (χ0) is 17.8. The Labute approximate surface area is 143 Å². The molecule has 3 rings (SSSR count). The van der Waals surface area contributed by atoms with Gasteiger partial charge in [-0.1, -0.05) is 39.8 Å². The van der Waals surface area contributed by atoms with Gasteiger partial charge in [0.05, 0.1) is 5.41 Å². The van der Waals surface area contributed by atoms with Crippen molar-refractivity contribution in [1.82, 2.24) is 0 Å². The van der Waals surface area contributed by atoms with Crippen LogP contribution in [0.2, 0.25) is 0 Å². The molecule has 2 aliphatic rings. The molecule has 0 amide bonds. The molecule has 0 N–H and O–H groups in total. The minimum Gasteiger partial charge on any atom is -0.446 e. The summed E-state index contributed by atoms with van der Waals surface area (Å²) in [7, 11) is 0. The van der Waals surface area contributed by atoms with Crippen molar-refractivity contribution in [2.75, 3.05) is 0 Å². The summed E-state index contributed by atoms with van der Waals surface area (Å²) in [5.41, 5.74) is -1.15. The minimum absolute atomic E-state index is 0.289. The summed E-state index contributed by atoms with van der Waals surface area (Å²) in [6.45, 7) is 10.1. The Morgan fingerprint density at radius 1 is 1.21 bits per heavy atom. The number of ether oxygens (including phenoxy) is 2. The molecule has 4 nitrogen and oxygen atoms in total. The van der Waals surface area contributed by atoms with Crippen LogP contribution in [0.15, 0.2) is 24.3 Å². The molecule has 1 heterocycles. The molecule has 2 fully saturated rings. The highest BCUT2D eigenvalue weighted by molar-refractivity contribution is 5.94. The zero-order valence-electron chi connectivity index (χ0n) is 15.1. The lowest BCUT2D eigenvalue weighted by Gasteiger charge is -2.34. The van der Waals surface area contributed by atoms with Gasteiger partial charge in [0.15, 0.2) is 0 Å². The van der Waals surface area contributed by atoms with Crippen molar-refractivity contribution < 1.29 is 19.1 Å². The van der Waals surface area contributed by atoms with E-state index in [1.54, 1.807) is 0 Å². The highest BCUT2D eigenvalue weighted by Crippen LogP contribution is 2.65. The van der Waals surface area contributed by atoms with E-state index in [2.05, 4.69) is 13.8 Å². The van der Waals surface area contributed by atoms with Crippen molar-refractivity contribution in [2.45, 2.75) is 65.4 Å². The van der Waals surface area contributed by atoms with E-state index in [0.29, 0.717) is 24.5 Å². The second-order valence-corrected chi connectivity index (χ2v) is 7.94. The third-order valence-electron chi connectivity index (χ3n) is 6.69. The van der Waals surface area contributed by atoms with Crippen LogP contribution >= 0.6 is 0 Å². The van der Waals surface area contributed by atoms with Gasteiger partial charge in [-0.05, 0) is 49.8 Å². The van der Waals surface area contributed by atoms with Crippen LogP contribution in [0.1, 0.15) is 65.4 Å². The average molecular weight is 330 g/mol. The first-order valence-corrected chi connectivity index (χ1v) is 8.73. The number of fused-ring (bicyclic) bond motifs is 2. The molecule has 1 aliphatic heterocycles. The van der Waals surface area contributed by atoms with E-state index in [9.17, 15) is 9.59 Å². The number of benzene rings is 1. The normalized spacial score (nSPS) is 31.6. The van der Waals surface area contributed by atoms with Gasteiger partial charge in [0, 0.05) is 5.41 Å². The van der Waals surface area contributed by atoms with Gasteiger partial charge < -0.3 is 9.47 Å². The van der Waals surface area contributed by atoms with Gasteiger partial charge in [-0.3, -0.25) is 4.79 Å². The fraction of sp³-hybridized carbons (Fsp3) is 0.600. The average Bonchev–Trinajstić information content (AvgIpc) is 2.85. The fourth-order valence-corrected chi connectivity index (χ4v) is 3.99. The SMILES string of the molecule is CCC(C)c1ccc(OC(=O)C23CCC(C)(C(=O)O2)C3(C)C)cc1. The van der Waals surface area contributed by atoms with Crippen molar-refractivity contribution in [3.05, 3.63) is 29.8 Å². The van der Waals surface area contributed by atoms with E-state index in [1.807, 2.05) is 45.0 Å². The van der Waals surface area contributed by atoms with Gasteiger partial charge in [0.25, 0.3) is 0 Å². The van der Waals surface area contributed by atoms with E-state index in [-0.39, 0.29) is 5.97 Å². The number of carbonyl (C=O) groups is 2. The lowest BCUT2D eigenvalue weighted by atomic mass is 9.66. The Balaban J connectivity index is 1.82. The van der Waals surface area contributed by atoms with E-state index in [4.69, 9.17) is 9.47 Å². The van der Waals surface area contributed by atoms with Crippen LogP contribution in [-0.4, -0.2) is 17.5 Å². The largest absolute Gasteiger partial charge is 0.446 e. The van der Waals surface area contributed by atoms with Crippen molar-refractivity contribution in [3.8, 4) is 5.75 Å². The van der Waals surface area contributed by atoms with Crippen LogP contribution in [0, 0.1) is 10.8 Å². The molecule has 1 aliphatic carbocycles. The molecule has 1 aromatic carbocycles. The van der Waals surface area contributed by atoms with Gasteiger partial charge in [-0.2, -0.15) is 0 Å². The predicted molar refractivity (Wildman–Crippen MR) is 90.7 cm³/mol. The highest BCUT2D eigenvalue weighted by atomic mass is 16.6. The maximum atomic E-state index is 12.9. The molecule has 0 spiro atoms. The maximum absolute atomic E-state index is 12.9. The van der Waals surface area contributed by atoms with E-state index in [0.717, 1.165) is 6.42 Å². The molecule has 130 valence electrons. The Morgan fingerprint density at radius 3 is 2.29 bits per heavy atom. The van der Waals surface area contributed by atoms with Crippen molar-refractivity contribution in [2.24, 2.45) is 10.8 Å². The lowest BCUT2D eigenvalue weighted by molar-refractivity contribution is -0.176. The van der Waals surface area contributed by atoms with Crippen LogP contribution in [0.3, 0.4) is 0 Å². The summed E-state index contributed by atoms with van der Waals surface area (Å²) >= 11 is 0. The second-order valence-electron chi connectivity index (χ2n) is 7.94. The summed E-state index contributed by atoms with van der Waals surface area (Å²) in [6.07, 6.45) is 2.23. The first-order valence-electron chi connectivity index (χ1n) is 8.73. The van der Waals surface area contributed by atoms with E-state index < -0.39 is 22.4 Å². The topological polar surface area (TPSA) is 52.6 Å². The first-order chi connectivity index (χ1) is 11.2. The Kier molecular flexibility index (Phi) is 3.78. The van der Waals surface area contributed by atoms with E-state index in [1.165, 1.54) is 5.56 Å². The Hall–Kier alpha value is -1.84. The summed E-state index contributed by atoms with van der Waals surface area (Å²) < 4.78 is 11.2. The third kappa shape index (κ3) is 2.04. The lowest BCUT2D eigenvalue weighted by Crippen LogP contribution is -2.50. The minimum atomic E-state index is -1.17. The van der Waals surface area contributed by atoms with Crippen molar-refractivity contribution >= 4 is 11.9 Å². The van der Waals surface area contributed by atoms with E-state index >= 15 is 0 Å². The summed E-state index contributed by atoms with van der Waals surface area (Å²) in [6, 6.07) is 7.60. The molecule has 0 radical (unpaired) electrons. The van der Waals surface area contributed by atoms with Gasteiger partial charge in [0.2, 0.25) is 5.60 Å². The number of carbonyl (C=O) groups excluding carboxylic acids is 2. The molecule has 0 aromatic heterocycles. The number of hydrogen-bond acceptors (Lipinski definition) is 4. The second kappa shape index (κ2) is 5.33. The van der Waals surface area contributed by atoms with Gasteiger partial charge in [0.1, 0.15) is 5.75 Å². The molecular weight excluding hydrogens is 304 g/mol. The summed E-state index contributed by atoms with van der Waals surface area (Å²) in [4.78, 5) is 25.1. The smallest absolute Gasteiger partial charge is 0.356 e. The Bertz CT molecular complexity index is 675. The standard InChI is InChI=1S/C20H26O4/c1-6-13(2)14-7-9-15(10-8-14)23-17(22)20-12-11-19(5,16(21)24-20)18(20,3)4/h7-10,13H,6,11-12H2,1-5H3. The molecule has 1 aromatic rings. The van der Waals surface area contributed by atoms with Crippen LogP contribution < -0.4 is 4.74 Å². The van der Waals surface area contributed by atoms with Crippen LogP contribution in [0.25, 0.3) is 0 Å². The maximum Gasteiger partial charge on any atom is 0.356 e. The number of esters is 2. The monoisotopic (exact) mass is 330 g/mol.